The number of aliphatic hydroxyl groups is 1. The Labute approximate surface area is 102 Å². The van der Waals surface area contributed by atoms with Gasteiger partial charge in [0.25, 0.3) is 0 Å². The molecule has 88 valence electrons. The van der Waals surface area contributed by atoms with Crippen molar-refractivity contribution in [1.29, 1.82) is 0 Å². The van der Waals surface area contributed by atoms with Crippen molar-refractivity contribution in [2.24, 2.45) is 0 Å². The summed E-state index contributed by atoms with van der Waals surface area (Å²) in [6, 6.07) is 4.47. The van der Waals surface area contributed by atoms with Crippen LogP contribution < -0.4 is 4.74 Å². The minimum absolute atomic E-state index is 0.137. The summed E-state index contributed by atoms with van der Waals surface area (Å²) in [4.78, 5) is 10.7. The molecule has 0 unspecified atom stereocenters. The summed E-state index contributed by atoms with van der Waals surface area (Å²) < 4.78 is 5.90. The highest BCUT2D eigenvalue weighted by atomic mass is 79.9. The van der Waals surface area contributed by atoms with E-state index in [1.807, 2.05) is 0 Å². The van der Waals surface area contributed by atoms with E-state index in [4.69, 9.17) is 9.84 Å². The van der Waals surface area contributed by atoms with Crippen LogP contribution in [0.2, 0.25) is 0 Å². The normalized spacial score (nSPS) is 11.2. The molecule has 0 saturated carbocycles. The van der Waals surface area contributed by atoms with Gasteiger partial charge in [-0.2, -0.15) is 0 Å². The number of halogens is 1. The van der Waals surface area contributed by atoms with Crippen LogP contribution >= 0.6 is 15.9 Å². The summed E-state index contributed by atoms with van der Waals surface area (Å²) >= 11 is 3.21. The SMILES string of the molecule is CC(C)(O)COc1ccc(C(=O)O)cc1Br. The van der Waals surface area contributed by atoms with Gasteiger partial charge in [0.1, 0.15) is 12.4 Å². The lowest BCUT2D eigenvalue weighted by atomic mass is 10.1. The highest BCUT2D eigenvalue weighted by Crippen LogP contribution is 2.26. The van der Waals surface area contributed by atoms with Gasteiger partial charge in [-0.05, 0) is 48.0 Å². The van der Waals surface area contributed by atoms with Crippen molar-refractivity contribution in [3.63, 3.8) is 0 Å². The van der Waals surface area contributed by atoms with Crippen LogP contribution in [-0.4, -0.2) is 28.4 Å². The highest BCUT2D eigenvalue weighted by Gasteiger charge is 2.15. The van der Waals surface area contributed by atoms with Gasteiger partial charge in [-0.3, -0.25) is 0 Å². The average molecular weight is 289 g/mol. The second-order valence-corrected chi connectivity index (χ2v) is 4.91. The van der Waals surface area contributed by atoms with E-state index in [0.29, 0.717) is 10.2 Å². The Bertz CT molecular complexity index is 395. The minimum Gasteiger partial charge on any atom is -0.489 e. The highest BCUT2D eigenvalue weighted by molar-refractivity contribution is 9.10. The summed E-state index contributed by atoms with van der Waals surface area (Å²) in [5, 5.41) is 18.2. The van der Waals surface area contributed by atoms with Crippen molar-refractivity contribution in [2.75, 3.05) is 6.61 Å². The van der Waals surface area contributed by atoms with Gasteiger partial charge < -0.3 is 14.9 Å². The number of carboxylic acids is 1. The number of carbonyl (C=O) groups is 1. The lowest BCUT2D eigenvalue weighted by Gasteiger charge is -2.18. The van der Waals surface area contributed by atoms with Gasteiger partial charge in [0.2, 0.25) is 0 Å². The predicted octanol–water partition coefficient (Wildman–Crippen LogP) is 2.30. The molecule has 0 amide bonds. The molecule has 1 rings (SSSR count). The van der Waals surface area contributed by atoms with Crippen molar-refractivity contribution in [3.8, 4) is 5.75 Å². The Morgan fingerprint density at radius 3 is 2.56 bits per heavy atom. The number of carboxylic acid groups (broad SMARTS) is 1. The molecule has 0 fully saturated rings. The molecule has 2 N–H and O–H groups in total. The largest absolute Gasteiger partial charge is 0.489 e. The third-order valence-electron chi connectivity index (χ3n) is 1.76. The lowest BCUT2D eigenvalue weighted by molar-refractivity contribution is 0.0282. The summed E-state index contributed by atoms with van der Waals surface area (Å²) in [6.07, 6.45) is 0. The molecule has 16 heavy (non-hydrogen) atoms. The van der Waals surface area contributed by atoms with Gasteiger partial charge >= 0.3 is 5.97 Å². The number of ether oxygens (including phenoxy) is 1. The van der Waals surface area contributed by atoms with Crippen molar-refractivity contribution < 1.29 is 19.7 Å². The van der Waals surface area contributed by atoms with E-state index < -0.39 is 11.6 Å². The number of aromatic carboxylic acids is 1. The quantitative estimate of drug-likeness (QED) is 0.892. The molecule has 0 atom stereocenters. The zero-order valence-electron chi connectivity index (χ0n) is 9.03. The minimum atomic E-state index is -0.991. The molecule has 1 aromatic rings. The molecule has 0 radical (unpaired) electrons. The molecule has 0 heterocycles. The number of hydrogen-bond acceptors (Lipinski definition) is 3. The summed E-state index contributed by atoms with van der Waals surface area (Å²) in [5.74, 6) is -0.484. The maximum absolute atomic E-state index is 10.7. The van der Waals surface area contributed by atoms with Crippen LogP contribution in [0.1, 0.15) is 24.2 Å². The fourth-order valence-electron chi connectivity index (χ4n) is 1.01. The molecule has 0 aliphatic rings. The van der Waals surface area contributed by atoms with Crippen LogP contribution in [0, 0.1) is 0 Å². The summed E-state index contributed by atoms with van der Waals surface area (Å²) in [7, 11) is 0. The molecule has 0 bridgehead atoms. The third kappa shape index (κ3) is 3.83. The van der Waals surface area contributed by atoms with Gasteiger partial charge in [0.15, 0.2) is 0 Å². The molecule has 0 spiro atoms. The Kier molecular flexibility index (Phi) is 3.93. The maximum atomic E-state index is 10.7. The van der Waals surface area contributed by atoms with E-state index in [0.717, 1.165) is 0 Å². The lowest BCUT2D eigenvalue weighted by Crippen LogP contribution is -2.27. The van der Waals surface area contributed by atoms with E-state index in [-0.39, 0.29) is 12.2 Å². The third-order valence-corrected chi connectivity index (χ3v) is 2.38. The molecule has 5 heteroatoms. The van der Waals surface area contributed by atoms with Crippen LogP contribution in [0.5, 0.6) is 5.75 Å². The van der Waals surface area contributed by atoms with Crippen LogP contribution in [-0.2, 0) is 0 Å². The second kappa shape index (κ2) is 4.84. The van der Waals surface area contributed by atoms with Crippen molar-refractivity contribution >= 4 is 21.9 Å². The number of benzene rings is 1. The molecule has 0 aliphatic carbocycles. The topological polar surface area (TPSA) is 66.8 Å². The average Bonchev–Trinajstić information content (AvgIpc) is 2.14. The predicted molar refractivity (Wildman–Crippen MR) is 62.9 cm³/mol. The van der Waals surface area contributed by atoms with Crippen LogP contribution in [0.25, 0.3) is 0 Å². The maximum Gasteiger partial charge on any atom is 0.335 e. The van der Waals surface area contributed by atoms with Crippen molar-refractivity contribution in [1.82, 2.24) is 0 Å². The Morgan fingerprint density at radius 1 is 1.50 bits per heavy atom. The monoisotopic (exact) mass is 288 g/mol. The standard InChI is InChI=1S/C11H13BrO4/c1-11(2,15)6-16-9-4-3-7(10(13)14)5-8(9)12/h3-5,15H,6H2,1-2H3,(H,13,14). The Hall–Kier alpha value is -1.07. The van der Waals surface area contributed by atoms with E-state index in [1.165, 1.54) is 12.1 Å². The van der Waals surface area contributed by atoms with E-state index in [9.17, 15) is 9.90 Å². The fourth-order valence-corrected chi connectivity index (χ4v) is 1.50. The molecule has 4 nitrogen and oxygen atoms in total. The zero-order valence-corrected chi connectivity index (χ0v) is 10.6. The van der Waals surface area contributed by atoms with Gasteiger partial charge in [-0.25, -0.2) is 4.79 Å². The van der Waals surface area contributed by atoms with Crippen molar-refractivity contribution in [2.45, 2.75) is 19.4 Å². The molecule has 0 aromatic heterocycles. The first-order valence-corrected chi connectivity index (χ1v) is 5.47. The van der Waals surface area contributed by atoms with E-state index >= 15 is 0 Å². The first-order chi connectivity index (χ1) is 7.29. The second-order valence-electron chi connectivity index (χ2n) is 4.05. The smallest absolute Gasteiger partial charge is 0.335 e. The Morgan fingerprint density at radius 2 is 2.12 bits per heavy atom. The van der Waals surface area contributed by atoms with Gasteiger partial charge in [0, 0.05) is 0 Å². The number of hydrogen-bond donors (Lipinski definition) is 2. The molecule has 0 aliphatic heterocycles. The van der Waals surface area contributed by atoms with Gasteiger partial charge in [0.05, 0.1) is 15.6 Å². The van der Waals surface area contributed by atoms with Crippen LogP contribution in [0.3, 0.4) is 0 Å². The molecular formula is C11H13BrO4. The number of rotatable bonds is 4. The zero-order chi connectivity index (χ0) is 12.3. The van der Waals surface area contributed by atoms with Gasteiger partial charge in [-0.1, -0.05) is 0 Å². The first kappa shape index (κ1) is 13.0. The van der Waals surface area contributed by atoms with E-state index in [1.54, 1.807) is 19.9 Å². The summed E-state index contributed by atoms with van der Waals surface area (Å²) in [6.45, 7) is 3.40. The first-order valence-electron chi connectivity index (χ1n) is 4.67. The van der Waals surface area contributed by atoms with Crippen LogP contribution in [0.4, 0.5) is 0 Å². The van der Waals surface area contributed by atoms with Crippen molar-refractivity contribution in [3.05, 3.63) is 28.2 Å². The van der Waals surface area contributed by atoms with E-state index in [2.05, 4.69) is 15.9 Å². The summed E-state index contributed by atoms with van der Waals surface area (Å²) in [5.41, 5.74) is -0.743. The van der Waals surface area contributed by atoms with Crippen LogP contribution in [0.15, 0.2) is 22.7 Å². The van der Waals surface area contributed by atoms with Gasteiger partial charge in [-0.15, -0.1) is 0 Å². The molecular weight excluding hydrogens is 276 g/mol. The molecule has 0 saturated heterocycles. The Balaban J connectivity index is 2.80. The molecule has 1 aromatic carbocycles. The fraction of sp³-hybridized carbons (Fsp3) is 0.364.